The minimum atomic E-state index is -1.06. The van der Waals surface area contributed by atoms with E-state index in [4.69, 9.17) is 5.11 Å². The molecule has 0 aromatic carbocycles. The third kappa shape index (κ3) is 3.07. The maximum absolute atomic E-state index is 12.3. The van der Waals surface area contributed by atoms with Crippen LogP contribution in [0.4, 0.5) is 5.69 Å². The zero-order valence-corrected chi connectivity index (χ0v) is 13.0. The number of likely N-dealkylation sites (tertiary alicyclic amines) is 1. The van der Waals surface area contributed by atoms with Crippen molar-refractivity contribution in [2.75, 3.05) is 11.9 Å². The van der Waals surface area contributed by atoms with Gasteiger partial charge < -0.3 is 15.3 Å². The van der Waals surface area contributed by atoms with Crippen LogP contribution in [0.3, 0.4) is 0 Å². The number of nitrogens with zero attached hydrogens (tertiary/aromatic N) is 1. The maximum Gasteiger partial charge on any atom is 0.348 e. The van der Waals surface area contributed by atoms with E-state index in [1.54, 1.807) is 17.2 Å². The smallest absolute Gasteiger partial charge is 0.348 e. The summed E-state index contributed by atoms with van der Waals surface area (Å²) in [5, 5.41) is 13.5. The molecular weight excluding hydrogens is 292 g/mol. The largest absolute Gasteiger partial charge is 0.477 e. The molecule has 0 spiro atoms. The predicted molar refractivity (Wildman–Crippen MR) is 79.6 cm³/mol. The summed E-state index contributed by atoms with van der Waals surface area (Å²) in [6.07, 6.45) is 0.176. The number of thiophene rings is 1. The van der Waals surface area contributed by atoms with Crippen molar-refractivity contribution in [3.05, 3.63) is 15.8 Å². The SMILES string of the molecule is Cc1csc(C(=O)O)c1NC(=O)C1CC(=O)N(C(C)C)C1. The first kappa shape index (κ1) is 15.5. The maximum atomic E-state index is 12.3. The van der Waals surface area contributed by atoms with Crippen molar-refractivity contribution in [3.8, 4) is 0 Å². The number of rotatable bonds is 4. The van der Waals surface area contributed by atoms with E-state index in [0.717, 1.165) is 16.9 Å². The lowest BCUT2D eigenvalue weighted by Gasteiger charge is -2.20. The standard InChI is InChI=1S/C14H18N2O4S/c1-7(2)16-5-9(4-10(16)17)13(18)15-11-8(3)6-21-12(11)14(19)20/h6-7,9H,4-5H2,1-3H3,(H,15,18)(H,19,20). The Kier molecular flexibility index (Phi) is 4.32. The highest BCUT2D eigenvalue weighted by molar-refractivity contribution is 7.12. The van der Waals surface area contributed by atoms with Crippen LogP contribution in [-0.2, 0) is 9.59 Å². The van der Waals surface area contributed by atoms with E-state index >= 15 is 0 Å². The van der Waals surface area contributed by atoms with Gasteiger partial charge in [0, 0.05) is 19.0 Å². The zero-order chi connectivity index (χ0) is 15.7. The monoisotopic (exact) mass is 310 g/mol. The second-order valence-electron chi connectivity index (χ2n) is 5.46. The van der Waals surface area contributed by atoms with E-state index < -0.39 is 11.9 Å². The topological polar surface area (TPSA) is 86.7 Å². The number of aromatic carboxylic acids is 1. The Morgan fingerprint density at radius 1 is 1.48 bits per heavy atom. The number of anilines is 1. The van der Waals surface area contributed by atoms with Gasteiger partial charge in [0.25, 0.3) is 0 Å². The zero-order valence-electron chi connectivity index (χ0n) is 12.2. The van der Waals surface area contributed by atoms with Gasteiger partial charge in [-0.1, -0.05) is 0 Å². The molecule has 114 valence electrons. The predicted octanol–water partition coefficient (Wildman–Crippen LogP) is 1.95. The van der Waals surface area contributed by atoms with Gasteiger partial charge in [0.2, 0.25) is 11.8 Å². The first-order valence-electron chi connectivity index (χ1n) is 6.73. The molecule has 2 heterocycles. The molecule has 0 radical (unpaired) electrons. The summed E-state index contributed by atoms with van der Waals surface area (Å²) >= 11 is 1.08. The van der Waals surface area contributed by atoms with Crippen LogP contribution in [0.25, 0.3) is 0 Å². The number of carbonyl (C=O) groups is 3. The molecule has 2 N–H and O–H groups in total. The van der Waals surface area contributed by atoms with Crippen molar-refractivity contribution < 1.29 is 19.5 Å². The van der Waals surface area contributed by atoms with E-state index in [2.05, 4.69) is 5.32 Å². The molecule has 1 atom stereocenters. The van der Waals surface area contributed by atoms with Crippen LogP contribution in [0.2, 0.25) is 0 Å². The fraction of sp³-hybridized carbons (Fsp3) is 0.500. The molecule has 2 amide bonds. The Morgan fingerprint density at radius 3 is 2.67 bits per heavy atom. The molecule has 6 nitrogen and oxygen atoms in total. The van der Waals surface area contributed by atoms with Gasteiger partial charge in [0.05, 0.1) is 11.6 Å². The van der Waals surface area contributed by atoms with Crippen LogP contribution in [0.1, 0.15) is 35.5 Å². The Hall–Kier alpha value is -1.89. The summed E-state index contributed by atoms with van der Waals surface area (Å²) in [6.45, 7) is 5.94. The summed E-state index contributed by atoms with van der Waals surface area (Å²) in [5.74, 6) is -1.82. The normalized spacial score (nSPS) is 18.4. The van der Waals surface area contributed by atoms with Crippen LogP contribution < -0.4 is 5.32 Å². The molecule has 1 aromatic heterocycles. The molecule has 1 aromatic rings. The molecule has 1 fully saturated rings. The molecule has 1 aliphatic heterocycles. The molecule has 1 saturated heterocycles. The Bertz CT molecular complexity index is 594. The van der Waals surface area contributed by atoms with Crippen LogP contribution in [0.15, 0.2) is 5.38 Å². The summed E-state index contributed by atoms with van der Waals surface area (Å²) < 4.78 is 0. The summed E-state index contributed by atoms with van der Waals surface area (Å²) in [6, 6.07) is 0.0627. The van der Waals surface area contributed by atoms with Gasteiger partial charge in [-0.2, -0.15) is 0 Å². The second-order valence-corrected chi connectivity index (χ2v) is 6.34. The van der Waals surface area contributed by atoms with E-state index in [1.165, 1.54) is 0 Å². The molecule has 0 bridgehead atoms. The lowest BCUT2D eigenvalue weighted by Crippen LogP contribution is -2.33. The molecule has 1 unspecified atom stereocenters. The minimum absolute atomic E-state index is 0.0364. The van der Waals surface area contributed by atoms with Crippen molar-refractivity contribution in [2.45, 2.75) is 33.2 Å². The first-order chi connectivity index (χ1) is 9.81. The first-order valence-corrected chi connectivity index (χ1v) is 7.61. The number of carbonyl (C=O) groups excluding carboxylic acids is 2. The third-order valence-corrected chi connectivity index (χ3v) is 4.66. The number of carboxylic acid groups (broad SMARTS) is 1. The van der Waals surface area contributed by atoms with Gasteiger partial charge in [-0.15, -0.1) is 11.3 Å². The molecule has 0 saturated carbocycles. The van der Waals surface area contributed by atoms with Crippen LogP contribution in [-0.4, -0.2) is 40.4 Å². The average Bonchev–Trinajstić information content (AvgIpc) is 2.94. The van der Waals surface area contributed by atoms with Gasteiger partial charge in [-0.25, -0.2) is 4.79 Å². The van der Waals surface area contributed by atoms with E-state index in [1.807, 2.05) is 13.8 Å². The van der Waals surface area contributed by atoms with E-state index in [9.17, 15) is 14.4 Å². The highest BCUT2D eigenvalue weighted by Crippen LogP contribution is 2.29. The lowest BCUT2D eigenvalue weighted by molar-refractivity contribution is -0.129. The van der Waals surface area contributed by atoms with Crippen molar-refractivity contribution in [1.82, 2.24) is 4.90 Å². The van der Waals surface area contributed by atoms with Crippen molar-refractivity contribution >= 4 is 34.8 Å². The van der Waals surface area contributed by atoms with E-state index in [0.29, 0.717) is 12.2 Å². The highest BCUT2D eigenvalue weighted by atomic mass is 32.1. The summed E-state index contributed by atoms with van der Waals surface area (Å²) in [7, 11) is 0. The molecule has 0 aliphatic carbocycles. The van der Waals surface area contributed by atoms with Crippen molar-refractivity contribution in [3.63, 3.8) is 0 Å². The molecule has 7 heteroatoms. The van der Waals surface area contributed by atoms with Crippen molar-refractivity contribution in [2.24, 2.45) is 5.92 Å². The Labute approximate surface area is 126 Å². The Morgan fingerprint density at radius 2 is 2.14 bits per heavy atom. The minimum Gasteiger partial charge on any atom is -0.477 e. The fourth-order valence-electron chi connectivity index (χ4n) is 2.39. The molecule has 1 aliphatic rings. The number of nitrogens with one attached hydrogen (secondary N) is 1. The van der Waals surface area contributed by atoms with Gasteiger partial charge in [0.15, 0.2) is 0 Å². The average molecular weight is 310 g/mol. The third-order valence-electron chi connectivity index (χ3n) is 3.57. The van der Waals surface area contributed by atoms with Gasteiger partial charge in [0.1, 0.15) is 4.88 Å². The number of carboxylic acids is 1. The molecule has 21 heavy (non-hydrogen) atoms. The van der Waals surface area contributed by atoms with Gasteiger partial charge >= 0.3 is 5.97 Å². The van der Waals surface area contributed by atoms with Crippen LogP contribution >= 0.6 is 11.3 Å². The fourth-order valence-corrected chi connectivity index (χ4v) is 3.23. The van der Waals surface area contributed by atoms with Crippen LogP contribution in [0, 0.1) is 12.8 Å². The van der Waals surface area contributed by atoms with E-state index in [-0.39, 0.29) is 29.2 Å². The van der Waals surface area contributed by atoms with Gasteiger partial charge in [-0.05, 0) is 31.7 Å². The lowest BCUT2D eigenvalue weighted by atomic mass is 10.1. The number of hydrogen-bond donors (Lipinski definition) is 2. The summed E-state index contributed by atoms with van der Waals surface area (Å²) in [5.41, 5.74) is 1.06. The number of amides is 2. The summed E-state index contributed by atoms with van der Waals surface area (Å²) in [4.78, 5) is 37.0. The van der Waals surface area contributed by atoms with Crippen LogP contribution in [0.5, 0.6) is 0 Å². The number of aryl methyl sites for hydroxylation is 1. The second kappa shape index (κ2) is 5.85. The Balaban J connectivity index is 2.11. The number of hydrogen-bond acceptors (Lipinski definition) is 4. The molecular formula is C14H18N2O4S. The van der Waals surface area contributed by atoms with Crippen molar-refractivity contribution in [1.29, 1.82) is 0 Å². The van der Waals surface area contributed by atoms with Gasteiger partial charge in [-0.3, -0.25) is 9.59 Å². The highest BCUT2D eigenvalue weighted by Gasteiger charge is 2.36. The molecule has 2 rings (SSSR count). The quantitative estimate of drug-likeness (QED) is 0.890.